The molecule has 0 aliphatic heterocycles. The van der Waals surface area contributed by atoms with Gasteiger partial charge in [0.1, 0.15) is 11.5 Å². The Labute approximate surface area is 105 Å². The second kappa shape index (κ2) is 7.21. The molecule has 0 aromatic carbocycles. The van der Waals surface area contributed by atoms with Crippen LogP contribution in [0.15, 0.2) is 12.4 Å². The van der Waals surface area contributed by atoms with Crippen molar-refractivity contribution >= 4 is 17.6 Å². The first-order chi connectivity index (χ1) is 8.63. The van der Waals surface area contributed by atoms with Gasteiger partial charge in [0.05, 0.1) is 12.4 Å². The molecule has 0 aliphatic rings. The van der Waals surface area contributed by atoms with E-state index < -0.39 is 0 Å². The highest BCUT2D eigenvalue weighted by atomic mass is 16.2. The maximum atomic E-state index is 11.7. The van der Waals surface area contributed by atoms with Crippen molar-refractivity contribution in [2.45, 2.75) is 19.8 Å². The van der Waals surface area contributed by atoms with Gasteiger partial charge in [0.2, 0.25) is 5.91 Å². The van der Waals surface area contributed by atoms with Gasteiger partial charge in [-0.3, -0.25) is 14.6 Å². The number of anilines is 1. The summed E-state index contributed by atoms with van der Waals surface area (Å²) in [4.78, 5) is 30.2. The molecule has 1 rings (SSSR count). The van der Waals surface area contributed by atoms with Gasteiger partial charge in [0.15, 0.2) is 0 Å². The van der Waals surface area contributed by atoms with Crippen molar-refractivity contribution in [3.05, 3.63) is 18.1 Å². The molecule has 7 nitrogen and oxygen atoms in total. The van der Waals surface area contributed by atoms with Gasteiger partial charge in [-0.15, -0.1) is 0 Å². The fourth-order valence-electron chi connectivity index (χ4n) is 1.30. The molecule has 0 saturated carbocycles. The van der Waals surface area contributed by atoms with E-state index in [1.54, 1.807) is 6.20 Å². The van der Waals surface area contributed by atoms with Crippen LogP contribution in [0.4, 0.5) is 5.82 Å². The monoisotopic (exact) mass is 251 g/mol. The van der Waals surface area contributed by atoms with Crippen molar-refractivity contribution in [1.29, 1.82) is 0 Å². The normalized spacial score (nSPS) is 9.83. The van der Waals surface area contributed by atoms with Crippen molar-refractivity contribution in [2.24, 2.45) is 5.73 Å². The zero-order valence-electron chi connectivity index (χ0n) is 10.3. The van der Waals surface area contributed by atoms with E-state index in [2.05, 4.69) is 20.6 Å². The first-order valence-corrected chi connectivity index (χ1v) is 5.76. The van der Waals surface area contributed by atoms with E-state index in [1.807, 2.05) is 6.92 Å². The van der Waals surface area contributed by atoms with Crippen LogP contribution in [0.25, 0.3) is 0 Å². The predicted molar refractivity (Wildman–Crippen MR) is 67.0 cm³/mol. The Morgan fingerprint density at radius 2 is 2.17 bits per heavy atom. The quantitative estimate of drug-likeness (QED) is 0.586. The van der Waals surface area contributed by atoms with E-state index >= 15 is 0 Å². The number of hydrogen-bond acceptors (Lipinski definition) is 5. The number of aromatic nitrogens is 2. The smallest absolute Gasteiger partial charge is 0.271 e. The summed E-state index contributed by atoms with van der Waals surface area (Å²) in [7, 11) is 0. The summed E-state index contributed by atoms with van der Waals surface area (Å²) >= 11 is 0. The second-order valence-electron chi connectivity index (χ2n) is 3.65. The van der Waals surface area contributed by atoms with Gasteiger partial charge in [-0.25, -0.2) is 4.98 Å². The Bertz CT molecular complexity index is 422. The Kier molecular flexibility index (Phi) is 5.56. The summed E-state index contributed by atoms with van der Waals surface area (Å²) in [6, 6.07) is 0. The van der Waals surface area contributed by atoms with Crippen LogP contribution in [-0.2, 0) is 4.79 Å². The van der Waals surface area contributed by atoms with Crippen molar-refractivity contribution in [3.63, 3.8) is 0 Å². The average molecular weight is 251 g/mol. The summed E-state index contributed by atoms with van der Waals surface area (Å²) in [5.74, 6) is -0.132. The van der Waals surface area contributed by atoms with Gasteiger partial charge in [0, 0.05) is 19.5 Å². The van der Waals surface area contributed by atoms with Crippen LogP contribution in [0.5, 0.6) is 0 Å². The van der Waals surface area contributed by atoms with Crippen LogP contribution in [-0.4, -0.2) is 34.9 Å². The number of nitrogens with zero attached hydrogens (tertiary/aromatic N) is 2. The number of nitrogens with one attached hydrogen (secondary N) is 2. The molecule has 0 aliphatic carbocycles. The molecule has 0 atom stereocenters. The van der Waals surface area contributed by atoms with E-state index in [0.29, 0.717) is 25.3 Å². The zero-order valence-corrected chi connectivity index (χ0v) is 10.3. The molecular weight excluding hydrogens is 234 g/mol. The molecule has 4 N–H and O–H groups in total. The highest BCUT2D eigenvalue weighted by Crippen LogP contribution is 2.01. The Morgan fingerprint density at radius 1 is 1.39 bits per heavy atom. The average Bonchev–Trinajstić information content (AvgIpc) is 2.35. The van der Waals surface area contributed by atoms with Crippen LogP contribution >= 0.6 is 0 Å². The first kappa shape index (κ1) is 13.9. The van der Waals surface area contributed by atoms with Gasteiger partial charge < -0.3 is 16.4 Å². The predicted octanol–water partition coefficient (Wildman–Crippen LogP) is -0.0963. The van der Waals surface area contributed by atoms with Gasteiger partial charge >= 0.3 is 0 Å². The third kappa shape index (κ3) is 4.77. The molecule has 1 aromatic heterocycles. The molecule has 7 heteroatoms. The topological polar surface area (TPSA) is 110 Å². The molecule has 1 aromatic rings. The molecule has 0 fully saturated rings. The Balaban J connectivity index is 2.45. The SMILES string of the molecule is CCNc1cncc(C(=O)NCCCC(N)=O)n1. The van der Waals surface area contributed by atoms with Crippen molar-refractivity contribution < 1.29 is 9.59 Å². The van der Waals surface area contributed by atoms with Crippen LogP contribution in [0.2, 0.25) is 0 Å². The summed E-state index contributed by atoms with van der Waals surface area (Å²) in [5, 5.41) is 5.62. The summed E-state index contributed by atoms with van der Waals surface area (Å²) in [6.45, 7) is 3.02. The standard InChI is InChI=1S/C11H17N5O2/c1-2-14-10-7-13-6-8(16-10)11(18)15-5-3-4-9(12)17/h6-7H,2-5H2,1H3,(H2,12,17)(H,14,16)(H,15,18). The fraction of sp³-hybridized carbons (Fsp3) is 0.455. The highest BCUT2D eigenvalue weighted by Gasteiger charge is 2.08. The largest absolute Gasteiger partial charge is 0.370 e. The number of nitrogens with two attached hydrogens (primary N) is 1. The van der Waals surface area contributed by atoms with Gasteiger partial charge in [-0.05, 0) is 13.3 Å². The van der Waals surface area contributed by atoms with Gasteiger partial charge in [-0.1, -0.05) is 0 Å². The van der Waals surface area contributed by atoms with Gasteiger partial charge in [-0.2, -0.15) is 0 Å². The molecule has 18 heavy (non-hydrogen) atoms. The fourth-order valence-corrected chi connectivity index (χ4v) is 1.30. The number of hydrogen-bond donors (Lipinski definition) is 3. The van der Waals surface area contributed by atoms with E-state index in [9.17, 15) is 9.59 Å². The Morgan fingerprint density at radius 3 is 2.83 bits per heavy atom. The van der Waals surface area contributed by atoms with Crippen LogP contribution in [0, 0.1) is 0 Å². The number of carbonyl (C=O) groups excluding carboxylic acids is 2. The molecule has 0 saturated heterocycles. The van der Waals surface area contributed by atoms with Crippen molar-refractivity contribution in [3.8, 4) is 0 Å². The first-order valence-electron chi connectivity index (χ1n) is 5.76. The van der Waals surface area contributed by atoms with E-state index in [1.165, 1.54) is 6.20 Å². The molecular formula is C11H17N5O2. The molecule has 1 heterocycles. The molecule has 98 valence electrons. The maximum absolute atomic E-state index is 11.7. The van der Waals surface area contributed by atoms with Crippen molar-refractivity contribution in [1.82, 2.24) is 15.3 Å². The van der Waals surface area contributed by atoms with Crippen molar-refractivity contribution in [2.75, 3.05) is 18.4 Å². The third-order valence-electron chi connectivity index (χ3n) is 2.11. The molecule has 2 amide bonds. The lowest BCUT2D eigenvalue weighted by Crippen LogP contribution is -2.26. The van der Waals surface area contributed by atoms with E-state index in [4.69, 9.17) is 5.73 Å². The lowest BCUT2D eigenvalue weighted by molar-refractivity contribution is -0.118. The minimum absolute atomic E-state index is 0.243. The number of carbonyl (C=O) groups is 2. The third-order valence-corrected chi connectivity index (χ3v) is 2.11. The summed E-state index contributed by atoms with van der Waals surface area (Å²) in [6.07, 6.45) is 3.71. The lowest BCUT2D eigenvalue weighted by Gasteiger charge is -2.05. The minimum Gasteiger partial charge on any atom is -0.370 e. The number of primary amides is 1. The van der Waals surface area contributed by atoms with Gasteiger partial charge in [0.25, 0.3) is 5.91 Å². The van der Waals surface area contributed by atoms with E-state index in [0.717, 1.165) is 0 Å². The zero-order chi connectivity index (χ0) is 13.4. The lowest BCUT2D eigenvalue weighted by atomic mass is 10.3. The minimum atomic E-state index is -0.377. The second-order valence-corrected chi connectivity index (χ2v) is 3.65. The molecule has 0 unspecified atom stereocenters. The van der Waals surface area contributed by atoms with Crippen LogP contribution in [0.3, 0.4) is 0 Å². The molecule has 0 radical (unpaired) electrons. The molecule has 0 bridgehead atoms. The highest BCUT2D eigenvalue weighted by molar-refractivity contribution is 5.92. The Hall–Kier alpha value is -2.18. The number of rotatable bonds is 7. The summed E-state index contributed by atoms with van der Waals surface area (Å²) < 4.78 is 0. The van der Waals surface area contributed by atoms with E-state index in [-0.39, 0.29) is 23.9 Å². The van der Waals surface area contributed by atoms with Crippen LogP contribution < -0.4 is 16.4 Å². The summed E-state index contributed by atoms with van der Waals surface area (Å²) in [5.41, 5.74) is 5.23. The molecule has 0 spiro atoms. The maximum Gasteiger partial charge on any atom is 0.271 e. The van der Waals surface area contributed by atoms with Crippen LogP contribution in [0.1, 0.15) is 30.3 Å². The number of amides is 2.